The Hall–Kier alpha value is -2.63. The van der Waals surface area contributed by atoms with Crippen LogP contribution in [-0.2, 0) is 0 Å². The smallest absolute Gasteiger partial charge is 0.354 e. The summed E-state index contributed by atoms with van der Waals surface area (Å²) in [6.07, 6.45) is 0. The SMILES string of the molecule is COc1cccc(-c2cc(C(=O)O)nc(N)n2)c1. The van der Waals surface area contributed by atoms with Crippen LogP contribution in [0.2, 0.25) is 0 Å². The van der Waals surface area contributed by atoms with Crippen molar-refractivity contribution in [3.05, 3.63) is 36.0 Å². The summed E-state index contributed by atoms with van der Waals surface area (Å²) >= 11 is 0. The van der Waals surface area contributed by atoms with Gasteiger partial charge in [0.15, 0.2) is 5.69 Å². The van der Waals surface area contributed by atoms with Gasteiger partial charge in [-0.1, -0.05) is 12.1 Å². The highest BCUT2D eigenvalue weighted by Gasteiger charge is 2.10. The Bertz CT molecular complexity index is 599. The molecule has 0 aliphatic carbocycles. The number of hydrogen-bond donors (Lipinski definition) is 2. The van der Waals surface area contributed by atoms with Crippen molar-refractivity contribution in [2.75, 3.05) is 12.8 Å². The summed E-state index contributed by atoms with van der Waals surface area (Å²) in [6.45, 7) is 0. The number of carboxylic acids is 1. The summed E-state index contributed by atoms with van der Waals surface area (Å²) in [7, 11) is 1.55. The maximum absolute atomic E-state index is 10.9. The zero-order valence-corrected chi connectivity index (χ0v) is 9.62. The molecule has 1 aromatic carbocycles. The van der Waals surface area contributed by atoms with E-state index in [2.05, 4.69) is 9.97 Å². The topological polar surface area (TPSA) is 98.3 Å². The monoisotopic (exact) mass is 245 g/mol. The molecule has 1 heterocycles. The molecule has 0 fully saturated rings. The predicted molar refractivity (Wildman–Crippen MR) is 65.4 cm³/mol. The van der Waals surface area contributed by atoms with E-state index in [4.69, 9.17) is 15.6 Å². The first-order chi connectivity index (χ1) is 8.60. The van der Waals surface area contributed by atoms with Crippen LogP contribution in [0.5, 0.6) is 5.75 Å². The lowest BCUT2D eigenvalue weighted by Gasteiger charge is -2.05. The van der Waals surface area contributed by atoms with Crippen molar-refractivity contribution >= 4 is 11.9 Å². The highest BCUT2D eigenvalue weighted by atomic mass is 16.5. The largest absolute Gasteiger partial charge is 0.497 e. The average Bonchev–Trinajstić information content (AvgIpc) is 2.38. The first-order valence-electron chi connectivity index (χ1n) is 5.12. The van der Waals surface area contributed by atoms with E-state index in [-0.39, 0.29) is 11.6 Å². The number of nitrogens with two attached hydrogens (primary N) is 1. The van der Waals surface area contributed by atoms with Crippen LogP contribution in [0.15, 0.2) is 30.3 Å². The van der Waals surface area contributed by atoms with Crippen molar-refractivity contribution in [1.29, 1.82) is 0 Å². The number of ether oxygens (including phenoxy) is 1. The van der Waals surface area contributed by atoms with Crippen LogP contribution in [0.3, 0.4) is 0 Å². The number of hydrogen-bond acceptors (Lipinski definition) is 5. The van der Waals surface area contributed by atoms with E-state index in [1.807, 2.05) is 0 Å². The van der Waals surface area contributed by atoms with Gasteiger partial charge in [-0.15, -0.1) is 0 Å². The van der Waals surface area contributed by atoms with Crippen molar-refractivity contribution in [3.8, 4) is 17.0 Å². The Kier molecular flexibility index (Phi) is 3.09. The van der Waals surface area contributed by atoms with Crippen LogP contribution in [-0.4, -0.2) is 28.2 Å². The molecule has 0 saturated heterocycles. The van der Waals surface area contributed by atoms with E-state index in [0.717, 1.165) is 0 Å². The molecular weight excluding hydrogens is 234 g/mol. The van der Waals surface area contributed by atoms with E-state index in [1.54, 1.807) is 31.4 Å². The molecule has 6 heteroatoms. The van der Waals surface area contributed by atoms with Crippen molar-refractivity contribution in [2.24, 2.45) is 0 Å². The number of carboxylic acid groups (broad SMARTS) is 1. The van der Waals surface area contributed by atoms with E-state index in [1.165, 1.54) is 6.07 Å². The van der Waals surface area contributed by atoms with Crippen LogP contribution in [0.25, 0.3) is 11.3 Å². The minimum absolute atomic E-state index is 0.0762. The number of aromatic nitrogens is 2. The molecule has 0 atom stereocenters. The van der Waals surface area contributed by atoms with E-state index in [0.29, 0.717) is 17.0 Å². The number of aromatic carboxylic acids is 1. The van der Waals surface area contributed by atoms with Crippen LogP contribution in [0.1, 0.15) is 10.5 Å². The Morgan fingerprint density at radius 2 is 2.11 bits per heavy atom. The highest BCUT2D eigenvalue weighted by molar-refractivity contribution is 5.87. The van der Waals surface area contributed by atoms with Gasteiger partial charge in [-0.2, -0.15) is 0 Å². The van der Waals surface area contributed by atoms with Crippen LogP contribution >= 0.6 is 0 Å². The number of methoxy groups -OCH3 is 1. The normalized spacial score (nSPS) is 10.1. The second-order valence-electron chi connectivity index (χ2n) is 3.53. The zero-order chi connectivity index (χ0) is 13.1. The van der Waals surface area contributed by atoms with E-state index < -0.39 is 5.97 Å². The number of benzene rings is 1. The molecule has 1 aromatic heterocycles. The minimum atomic E-state index is -1.15. The van der Waals surface area contributed by atoms with Gasteiger partial charge in [0.2, 0.25) is 5.95 Å². The average molecular weight is 245 g/mol. The van der Waals surface area contributed by atoms with Gasteiger partial charge in [0.1, 0.15) is 5.75 Å². The highest BCUT2D eigenvalue weighted by Crippen LogP contribution is 2.23. The van der Waals surface area contributed by atoms with Crippen LogP contribution in [0.4, 0.5) is 5.95 Å². The fourth-order valence-electron chi connectivity index (χ4n) is 1.51. The molecule has 0 aliphatic rings. The lowest BCUT2D eigenvalue weighted by Crippen LogP contribution is -2.06. The van der Waals surface area contributed by atoms with Gasteiger partial charge < -0.3 is 15.6 Å². The second kappa shape index (κ2) is 4.70. The van der Waals surface area contributed by atoms with Gasteiger partial charge in [0.25, 0.3) is 0 Å². The van der Waals surface area contributed by atoms with Gasteiger partial charge in [-0.3, -0.25) is 0 Å². The van der Waals surface area contributed by atoms with Crippen LogP contribution < -0.4 is 10.5 Å². The Labute approximate surface area is 103 Å². The third kappa shape index (κ3) is 2.37. The number of nitrogens with zero attached hydrogens (tertiary/aromatic N) is 2. The molecule has 3 N–H and O–H groups in total. The van der Waals surface area contributed by atoms with Gasteiger partial charge in [0.05, 0.1) is 12.8 Å². The summed E-state index contributed by atoms with van der Waals surface area (Å²) < 4.78 is 5.09. The zero-order valence-electron chi connectivity index (χ0n) is 9.62. The first-order valence-corrected chi connectivity index (χ1v) is 5.12. The van der Waals surface area contributed by atoms with Gasteiger partial charge >= 0.3 is 5.97 Å². The molecule has 0 spiro atoms. The molecule has 0 aliphatic heterocycles. The van der Waals surface area contributed by atoms with E-state index in [9.17, 15) is 4.79 Å². The summed E-state index contributed by atoms with van der Waals surface area (Å²) in [6, 6.07) is 8.47. The minimum Gasteiger partial charge on any atom is -0.497 e. The predicted octanol–water partition coefficient (Wildman–Crippen LogP) is 1.43. The molecule has 2 aromatic rings. The molecule has 0 radical (unpaired) electrons. The van der Waals surface area contributed by atoms with Gasteiger partial charge in [-0.25, -0.2) is 14.8 Å². The summed E-state index contributed by atoms with van der Waals surface area (Å²) in [5.74, 6) is -0.567. The summed E-state index contributed by atoms with van der Waals surface area (Å²) in [5.41, 5.74) is 6.51. The maximum atomic E-state index is 10.9. The van der Waals surface area contributed by atoms with Crippen molar-refractivity contribution in [1.82, 2.24) is 9.97 Å². The molecule has 2 rings (SSSR count). The van der Waals surface area contributed by atoms with Gasteiger partial charge in [-0.05, 0) is 18.2 Å². The first kappa shape index (κ1) is 11.8. The number of anilines is 1. The van der Waals surface area contributed by atoms with Gasteiger partial charge in [0, 0.05) is 5.56 Å². The third-order valence-electron chi connectivity index (χ3n) is 2.33. The molecule has 18 heavy (non-hydrogen) atoms. The molecule has 0 saturated carbocycles. The number of rotatable bonds is 3. The van der Waals surface area contributed by atoms with E-state index >= 15 is 0 Å². The summed E-state index contributed by atoms with van der Waals surface area (Å²) in [4.78, 5) is 18.5. The quantitative estimate of drug-likeness (QED) is 0.848. The lowest BCUT2D eigenvalue weighted by atomic mass is 10.1. The second-order valence-corrected chi connectivity index (χ2v) is 3.53. The Balaban J connectivity index is 2.52. The fourth-order valence-corrected chi connectivity index (χ4v) is 1.51. The van der Waals surface area contributed by atoms with Crippen LogP contribution in [0, 0.1) is 0 Å². The molecule has 92 valence electrons. The molecule has 6 nitrogen and oxygen atoms in total. The fraction of sp³-hybridized carbons (Fsp3) is 0.0833. The molecular formula is C12H11N3O3. The van der Waals surface area contributed by atoms with Crippen molar-refractivity contribution in [3.63, 3.8) is 0 Å². The standard InChI is InChI=1S/C12H11N3O3/c1-18-8-4-2-3-7(5-8)9-6-10(11(16)17)15-12(13)14-9/h2-6H,1H3,(H,16,17)(H2,13,14,15). The molecule has 0 amide bonds. The van der Waals surface area contributed by atoms with Crippen molar-refractivity contribution in [2.45, 2.75) is 0 Å². The number of nitrogen functional groups attached to an aromatic ring is 1. The summed E-state index contributed by atoms with van der Waals surface area (Å²) in [5, 5.41) is 8.91. The Morgan fingerprint density at radius 3 is 2.78 bits per heavy atom. The number of carbonyl (C=O) groups is 1. The molecule has 0 unspecified atom stereocenters. The maximum Gasteiger partial charge on any atom is 0.354 e. The Morgan fingerprint density at radius 1 is 1.33 bits per heavy atom. The third-order valence-corrected chi connectivity index (χ3v) is 2.33. The van der Waals surface area contributed by atoms with Crippen molar-refractivity contribution < 1.29 is 14.6 Å². The molecule has 0 bridgehead atoms. The lowest BCUT2D eigenvalue weighted by molar-refractivity contribution is 0.0690.